The average Bonchev–Trinajstić information content (AvgIpc) is 3.58. The molecular formula is C61H46. The van der Waals surface area contributed by atoms with Crippen LogP contribution in [0.2, 0.25) is 0 Å². The zero-order valence-corrected chi connectivity index (χ0v) is 35.1. The van der Waals surface area contributed by atoms with Crippen molar-refractivity contribution in [2.75, 3.05) is 0 Å². The van der Waals surface area contributed by atoms with Crippen LogP contribution in [0.3, 0.4) is 0 Å². The van der Waals surface area contributed by atoms with Gasteiger partial charge in [0.15, 0.2) is 0 Å². The van der Waals surface area contributed by atoms with Gasteiger partial charge in [-0.3, -0.25) is 0 Å². The van der Waals surface area contributed by atoms with Crippen molar-refractivity contribution < 1.29 is 0 Å². The van der Waals surface area contributed by atoms with E-state index < -0.39 is 0 Å². The predicted molar refractivity (Wildman–Crippen MR) is 267 cm³/mol. The maximum Gasteiger partial charge on any atom is 0.0221 e. The fraction of sp³-hybridized carbons (Fsp3) is 0.213. The first-order valence-electron chi connectivity index (χ1n) is 23.5. The summed E-state index contributed by atoms with van der Waals surface area (Å²) in [6.07, 6.45) is 12.7. The first-order valence-corrected chi connectivity index (χ1v) is 23.5. The first kappa shape index (κ1) is 33.5. The maximum atomic E-state index is 2.71. The second-order valence-electron chi connectivity index (χ2n) is 19.2. The molecule has 290 valence electrons. The molecule has 0 saturated heterocycles. The molecule has 0 unspecified atom stereocenters. The van der Waals surface area contributed by atoms with Crippen LogP contribution < -0.4 is 0 Å². The van der Waals surface area contributed by atoms with E-state index in [0.717, 1.165) is 0 Å². The lowest BCUT2D eigenvalue weighted by molar-refractivity contribution is 0.403. The van der Waals surface area contributed by atoms with Crippen LogP contribution in [0.25, 0.3) is 140 Å². The van der Waals surface area contributed by atoms with E-state index in [1.807, 2.05) is 0 Å². The summed E-state index contributed by atoms with van der Waals surface area (Å²) < 4.78 is 0. The van der Waals surface area contributed by atoms with Crippen LogP contribution in [-0.2, 0) is 5.41 Å². The second-order valence-corrected chi connectivity index (χ2v) is 19.2. The van der Waals surface area contributed by atoms with E-state index in [9.17, 15) is 0 Å². The lowest BCUT2D eigenvalue weighted by atomic mass is 9.67. The van der Waals surface area contributed by atoms with Crippen molar-refractivity contribution in [2.45, 2.75) is 83.5 Å². The highest BCUT2D eigenvalue weighted by Crippen LogP contribution is 2.64. The van der Waals surface area contributed by atoms with Crippen LogP contribution in [0, 0.1) is 0 Å². The lowest BCUT2D eigenvalue weighted by Crippen LogP contribution is -2.26. The fourth-order valence-electron chi connectivity index (χ4n) is 14.3. The summed E-state index contributed by atoms with van der Waals surface area (Å²) in [6.45, 7) is 4.72. The summed E-state index contributed by atoms with van der Waals surface area (Å²) in [5, 5.41) is 34.8. The second kappa shape index (κ2) is 11.6. The van der Waals surface area contributed by atoms with Gasteiger partial charge in [-0.25, -0.2) is 0 Å². The van der Waals surface area contributed by atoms with E-state index in [0.29, 0.717) is 0 Å². The highest BCUT2D eigenvalue weighted by Gasteiger charge is 2.45. The van der Waals surface area contributed by atoms with Crippen LogP contribution in [-0.4, -0.2) is 0 Å². The highest BCUT2D eigenvalue weighted by molar-refractivity contribution is 6.61. The molecule has 0 atom stereocenters. The number of hydrogen-bond acceptors (Lipinski definition) is 0. The molecule has 14 aromatic carbocycles. The fourth-order valence-corrected chi connectivity index (χ4v) is 14.3. The molecule has 0 fully saturated rings. The van der Waals surface area contributed by atoms with E-state index in [1.54, 1.807) is 16.5 Å². The number of fused-ring (bicyclic) bond motifs is 10. The van der Waals surface area contributed by atoms with Gasteiger partial charge in [-0.1, -0.05) is 180 Å². The van der Waals surface area contributed by atoms with Crippen LogP contribution >= 0.6 is 0 Å². The SMILES string of the molecule is CCCCCCC1(CCCCCC)c2ccccc2-c2cc3c4cccc5c6cccc7c8cccc9c%10cccc%11c%12cccc%13c(c21)c3c1c(c54)c(c76)c(c89)c(c%10%11)c1c%12%13. The standard InChI is InChI=1S/C61H46/c1-3-5-7-11-30-61(31-12-8-6-4-2)46-29-10-9-18-33(46)45-32-44-42-27-16-25-39-38-23-14-21-36-34-19-13-20-35-37-22-15-24-40-41-26-17-28-43-51(41)58-56(49(37)40)54(47(34)35)55(48(36)38)57(50(39)42)59(58)52(44)53(43)60(45)61/h9-10,13-29,32H,3-8,11-12,30-31H2,1-2H3. The van der Waals surface area contributed by atoms with Gasteiger partial charge < -0.3 is 0 Å². The van der Waals surface area contributed by atoms with Gasteiger partial charge in [-0.2, -0.15) is 0 Å². The summed E-state index contributed by atoms with van der Waals surface area (Å²) in [5.41, 5.74) is 6.16. The predicted octanol–water partition coefficient (Wildman–Crippen LogP) is 18.4. The Bertz CT molecular complexity index is 3980. The summed E-state index contributed by atoms with van der Waals surface area (Å²) in [7, 11) is 0. The Morgan fingerprint density at radius 3 is 1.11 bits per heavy atom. The third-order valence-corrected chi connectivity index (χ3v) is 16.5. The molecule has 1 aliphatic rings. The van der Waals surface area contributed by atoms with Crippen molar-refractivity contribution in [1.82, 2.24) is 0 Å². The highest BCUT2D eigenvalue weighted by atomic mass is 14.5. The van der Waals surface area contributed by atoms with Crippen molar-refractivity contribution in [3.05, 3.63) is 132 Å². The van der Waals surface area contributed by atoms with Crippen LogP contribution in [0.4, 0.5) is 0 Å². The van der Waals surface area contributed by atoms with E-state index in [2.05, 4.69) is 135 Å². The van der Waals surface area contributed by atoms with Gasteiger partial charge in [0.2, 0.25) is 0 Å². The molecule has 0 N–H and O–H groups in total. The molecule has 0 saturated carbocycles. The van der Waals surface area contributed by atoms with Crippen LogP contribution in [0.1, 0.15) is 89.2 Å². The smallest absolute Gasteiger partial charge is 0.0221 e. The van der Waals surface area contributed by atoms with E-state index in [1.165, 1.54) is 199 Å². The third-order valence-electron chi connectivity index (χ3n) is 16.5. The Morgan fingerprint density at radius 1 is 0.295 bits per heavy atom. The minimum atomic E-state index is -0.0345. The quantitative estimate of drug-likeness (QED) is 0.0737. The number of unbranched alkanes of at least 4 members (excludes halogenated alkanes) is 6. The van der Waals surface area contributed by atoms with Crippen LogP contribution in [0.15, 0.2) is 121 Å². The molecule has 14 aromatic rings. The Morgan fingerprint density at radius 2 is 0.672 bits per heavy atom. The van der Waals surface area contributed by atoms with Crippen LogP contribution in [0.5, 0.6) is 0 Å². The van der Waals surface area contributed by atoms with E-state index in [4.69, 9.17) is 0 Å². The van der Waals surface area contributed by atoms with Crippen molar-refractivity contribution in [3.8, 4) is 11.1 Å². The minimum Gasteiger partial charge on any atom is -0.0654 e. The van der Waals surface area contributed by atoms with Gasteiger partial charge in [-0.15, -0.1) is 0 Å². The minimum absolute atomic E-state index is 0.0345. The molecule has 0 spiro atoms. The van der Waals surface area contributed by atoms with Crippen molar-refractivity contribution in [3.63, 3.8) is 0 Å². The monoisotopic (exact) mass is 778 g/mol. The van der Waals surface area contributed by atoms with Gasteiger partial charge in [0.25, 0.3) is 0 Å². The third kappa shape index (κ3) is 3.72. The number of rotatable bonds is 10. The molecule has 0 heterocycles. The zero-order chi connectivity index (χ0) is 39.9. The van der Waals surface area contributed by atoms with E-state index in [-0.39, 0.29) is 5.41 Å². The Hall–Kier alpha value is -6.24. The molecule has 0 aliphatic heterocycles. The molecule has 61 heavy (non-hydrogen) atoms. The zero-order valence-electron chi connectivity index (χ0n) is 35.1. The first-order chi connectivity index (χ1) is 30.2. The lowest BCUT2D eigenvalue weighted by Gasteiger charge is -2.35. The molecule has 0 amide bonds. The molecular weight excluding hydrogens is 733 g/mol. The summed E-state index contributed by atoms with van der Waals surface area (Å²) in [5.74, 6) is 0. The molecule has 0 bridgehead atoms. The molecule has 0 aromatic heterocycles. The summed E-state index contributed by atoms with van der Waals surface area (Å²) in [6, 6.07) is 48.5. The Kier molecular flexibility index (Phi) is 6.35. The molecule has 0 radical (unpaired) electrons. The van der Waals surface area contributed by atoms with Gasteiger partial charge in [0.05, 0.1) is 0 Å². The van der Waals surface area contributed by atoms with Gasteiger partial charge >= 0.3 is 0 Å². The molecule has 1 aliphatic carbocycles. The molecule has 15 rings (SSSR count). The maximum absolute atomic E-state index is 2.71. The topological polar surface area (TPSA) is 0 Å². The van der Waals surface area contributed by atoms with Crippen molar-refractivity contribution in [2.24, 2.45) is 0 Å². The van der Waals surface area contributed by atoms with Gasteiger partial charge in [0.1, 0.15) is 0 Å². The molecule has 0 nitrogen and oxygen atoms in total. The summed E-state index contributed by atoms with van der Waals surface area (Å²) >= 11 is 0. The largest absolute Gasteiger partial charge is 0.0654 e. The van der Waals surface area contributed by atoms with Gasteiger partial charge in [-0.05, 0) is 170 Å². The Balaban J connectivity index is 1.27. The number of benzene rings is 14. The Labute approximate surface area is 354 Å². The normalized spacial score (nSPS) is 14.5. The molecule has 0 heteroatoms. The average molecular weight is 779 g/mol. The number of hydrogen-bond donors (Lipinski definition) is 0. The van der Waals surface area contributed by atoms with Crippen molar-refractivity contribution in [1.29, 1.82) is 0 Å². The van der Waals surface area contributed by atoms with Gasteiger partial charge in [0, 0.05) is 5.41 Å². The van der Waals surface area contributed by atoms with E-state index >= 15 is 0 Å². The van der Waals surface area contributed by atoms with Crippen molar-refractivity contribution >= 4 is 129 Å². The summed E-state index contributed by atoms with van der Waals surface area (Å²) in [4.78, 5) is 0.